The average Bonchev–Trinajstić information content (AvgIpc) is 2.89. The molecule has 0 atom stereocenters. The van der Waals surface area contributed by atoms with Gasteiger partial charge in [0.05, 0.1) is 0 Å². The van der Waals surface area contributed by atoms with E-state index in [9.17, 15) is 9.59 Å². The Morgan fingerprint density at radius 3 is 2.12 bits per heavy atom. The van der Waals surface area contributed by atoms with E-state index in [4.69, 9.17) is 12.2 Å². The predicted octanol–water partition coefficient (Wildman–Crippen LogP) is 3.00. The molecule has 5 nitrogen and oxygen atoms in total. The molecule has 1 aromatic carbocycles. The number of hydrogen-bond acceptors (Lipinski definition) is 3. The quantitative estimate of drug-likeness (QED) is 0.466. The van der Waals surface area contributed by atoms with Crippen LogP contribution in [0.5, 0.6) is 0 Å². The van der Waals surface area contributed by atoms with Gasteiger partial charge in [-0.05, 0) is 62.3 Å². The van der Waals surface area contributed by atoms with Gasteiger partial charge in [-0.15, -0.1) is 0 Å². The molecule has 0 bridgehead atoms. The Morgan fingerprint density at radius 2 is 1.54 bits per heavy atom. The first-order valence-electron chi connectivity index (χ1n) is 8.30. The molecule has 2 heterocycles. The molecule has 1 aliphatic rings. The summed E-state index contributed by atoms with van der Waals surface area (Å²) in [5, 5.41) is 0.211. The lowest BCUT2D eigenvalue weighted by Crippen LogP contribution is -2.52. The molecule has 0 unspecified atom stereocenters. The predicted molar refractivity (Wildman–Crippen MR) is 106 cm³/mol. The standard InChI is InChI=1S/C20H21N3O2S/c1-12-8-6-7-9-17(12)23-13(2)10-15(14(23)3)11-16-18(24)21(4)20(26)22(5)19(16)25/h6-11H,1-5H3. The van der Waals surface area contributed by atoms with Gasteiger partial charge in [0.25, 0.3) is 11.8 Å². The van der Waals surface area contributed by atoms with Crippen LogP contribution in [0.2, 0.25) is 0 Å². The van der Waals surface area contributed by atoms with Gasteiger partial charge in [0.2, 0.25) is 0 Å². The Hall–Kier alpha value is -2.73. The van der Waals surface area contributed by atoms with Crippen LogP contribution in [0.15, 0.2) is 35.9 Å². The van der Waals surface area contributed by atoms with Crippen LogP contribution in [-0.4, -0.2) is 45.4 Å². The first-order chi connectivity index (χ1) is 12.2. The number of likely N-dealkylation sites (N-methyl/N-ethyl adjacent to an activating group) is 2. The minimum Gasteiger partial charge on any atom is -0.318 e. The molecule has 0 spiro atoms. The smallest absolute Gasteiger partial charge is 0.265 e. The van der Waals surface area contributed by atoms with E-state index in [0.717, 1.165) is 28.2 Å². The summed E-state index contributed by atoms with van der Waals surface area (Å²) in [5.41, 5.74) is 5.22. The van der Waals surface area contributed by atoms with E-state index in [1.807, 2.05) is 32.0 Å². The summed E-state index contributed by atoms with van der Waals surface area (Å²) in [5.74, 6) is -0.752. The van der Waals surface area contributed by atoms with Crippen molar-refractivity contribution >= 4 is 35.2 Å². The average molecular weight is 367 g/mol. The minimum atomic E-state index is -0.376. The maximum Gasteiger partial charge on any atom is 0.265 e. The van der Waals surface area contributed by atoms with E-state index in [2.05, 4.69) is 23.6 Å². The third-order valence-electron chi connectivity index (χ3n) is 4.77. The largest absolute Gasteiger partial charge is 0.318 e. The number of thiocarbonyl (C=S) groups is 1. The highest BCUT2D eigenvalue weighted by Crippen LogP contribution is 2.26. The number of nitrogens with zero attached hydrogens (tertiary/aromatic N) is 3. The van der Waals surface area contributed by atoms with Gasteiger partial charge in [0.1, 0.15) is 5.57 Å². The second kappa shape index (κ2) is 6.53. The van der Waals surface area contributed by atoms with E-state index in [0.29, 0.717) is 0 Å². The molecule has 26 heavy (non-hydrogen) atoms. The SMILES string of the molecule is Cc1ccccc1-n1c(C)cc(C=C2C(=O)N(C)C(=S)N(C)C2=O)c1C. The normalized spacial score (nSPS) is 15.1. The highest BCUT2D eigenvalue weighted by Gasteiger charge is 2.35. The van der Waals surface area contributed by atoms with Crippen molar-refractivity contribution in [1.29, 1.82) is 0 Å². The molecule has 2 amide bonds. The van der Waals surface area contributed by atoms with Gasteiger partial charge >= 0.3 is 0 Å². The van der Waals surface area contributed by atoms with Crippen molar-refractivity contribution in [2.75, 3.05) is 14.1 Å². The Kier molecular flexibility index (Phi) is 4.54. The van der Waals surface area contributed by atoms with E-state index < -0.39 is 0 Å². The number of carbonyl (C=O) groups is 2. The lowest BCUT2D eigenvalue weighted by atomic mass is 10.1. The number of carbonyl (C=O) groups excluding carboxylic acids is 2. The van der Waals surface area contributed by atoms with Gasteiger partial charge in [0, 0.05) is 31.2 Å². The van der Waals surface area contributed by atoms with Crippen LogP contribution >= 0.6 is 12.2 Å². The molecule has 0 N–H and O–H groups in total. The summed E-state index contributed by atoms with van der Waals surface area (Å²) in [7, 11) is 3.16. The molecule has 1 aromatic heterocycles. The fourth-order valence-corrected chi connectivity index (χ4v) is 3.42. The molecule has 0 aliphatic carbocycles. The van der Waals surface area contributed by atoms with Gasteiger partial charge in [-0.3, -0.25) is 19.4 Å². The summed E-state index contributed by atoms with van der Waals surface area (Å²) in [6.07, 6.45) is 1.66. The van der Waals surface area contributed by atoms with Crippen LogP contribution in [0.4, 0.5) is 0 Å². The topological polar surface area (TPSA) is 45.6 Å². The minimum absolute atomic E-state index is 0.119. The number of hydrogen-bond donors (Lipinski definition) is 0. The fraction of sp³-hybridized carbons (Fsp3) is 0.250. The summed E-state index contributed by atoms with van der Waals surface area (Å²) >= 11 is 5.13. The number of rotatable bonds is 2. The molecule has 1 fully saturated rings. The second-order valence-electron chi connectivity index (χ2n) is 6.52. The third kappa shape index (κ3) is 2.76. The number of amides is 2. The molecule has 6 heteroatoms. The van der Waals surface area contributed by atoms with Crippen molar-refractivity contribution in [2.45, 2.75) is 20.8 Å². The number of aryl methyl sites for hydroxylation is 2. The Labute approximate surface area is 158 Å². The summed E-state index contributed by atoms with van der Waals surface area (Å²) in [4.78, 5) is 27.7. The van der Waals surface area contributed by atoms with E-state index in [1.54, 1.807) is 20.2 Å². The Morgan fingerprint density at radius 1 is 0.962 bits per heavy atom. The van der Waals surface area contributed by atoms with Crippen LogP contribution in [0.3, 0.4) is 0 Å². The Balaban J connectivity index is 2.12. The first-order valence-corrected chi connectivity index (χ1v) is 8.71. The van der Waals surface area contributed by atoms with Gasteiger partial charge in [-0.25, -0.2) is 0 Å². The van der Waals surface area contributed by atoms with Gasteiger partial charge in [-0.1, -0.05) is 18.2 Å². The lowest BCUT2D eigenvalue weighted by Gasteiger charge is -2.31. The van der Waals surface area contributed by atoms with Crippen molar-refractivity contribution < 1.29 is 9.59 Å². The Bertz CT molecular complexity index is 945. The summed E-state index contributed by atoms with van der Waals surface area (Å²) < 4.78 is 2.14. The van der Waals surface area contributed by atoms with Gasteiger partial charge in [-0.2, -0.15) is 0 Å². The van der Waals surface area contributed by atoms with Crippen molar-refractivity contribution in [3.8, 4) is 5.69 Å². The third-order valence-corrected chi connectivity index (χ3v) is 5.32. The number of aromatic nitrogens is 1. The highest BCUT2D eigenvalue weighted by atomic mass is 32.1. The first kappa shape index (κ1) is 18.1. The molecule has 1 saturated heterocycles. The van der Waals surface area contributed by atoms with Gasteiger partial charge in [0.15, 0.2) is 5.11 Å². The molecule has 134 valence electrons. The maximum atomic E-state index is 12.5. The molecular weight excluding hydrogens is 346 g/mol. The van der Waals surface area contributed by atoms with Crippen LogP contribution in [0.25, 0.3) is 11.8 Å². The van der Waals surface area contributed by atoms with Crippen molar-refractivity contribution in [3.63, 3.8) is 0 Å². The lowest BCUT2D eigenvalue weighted by molar-refractivity contribution is -0.132. The summed E-state index contributed by atoms with van der Waals surface area (Å²) in [6.45, 7) is 6.06. The van der Waals surface area contributed by atoms with Crippen LogP contribution in [0, 0.1) is 20.8 Å². The zero-order valence-electron chi connectivity index (χ0n) is 15.5. The zero-order chi connectivity index (χ0) is 19.2. The molecular formula is C20H21N3O2S. The van der Waals surface area contributed by atoms with Crippen molar-refractivity contribution in [3.05, 3.63) is 58.4 Å². The van der Waals surface area contributed by atoms with Crippen molar-refractivity contribution in [1.82, 2.24) is 14.4 Å². The zero-order valence-corrected chi connectivity index (χ0v) is 16.3. The van der Waals surface area contributed by atoms with Crippen molar-refractivity contribution in [2.24, 2.45) is 0 Å². The second-order valence-corrected chi connectivity index (χ2v) is 6.88. The van der Waals surface area contributed by atoms with E-state index >= 15 is 0 Å². The number of para-hydroxylation sites is 1. The highest BCUT2D eigenvalue weighted by molar-refractivity contribution is 7.80. The van der Waals surface area contributed by atoms with Crippen LogP contribution < -0.4 is 0 Å². The van der Waals surface area contributed by atoms with E-state index in [1.165, 1.54) is 9.80 Å². The van der Waals surface area contributed by atoms with E-state index in [-0.39, 0.29) is 22.5 Å². The molecule has 1 aliphatic heterocycles. The monoisotopic (exact) mass is 367 g/mol. The molecule has 2 aromatic rings. The number of benzene rings is 1. The molecule has 0 radical (unpaired) electrons. The summed E-state index contributed by atoms with van der Waals surface area (Å²) in [6, 6.07) is 10.1. The molecule has 3 rings (SSSR count). The van der Waals surface area contributed by atoms with Gasteiger partial charge < -0.3 is 4.57 Å². The van der Waals surface area contributed by atoms with Crippen LogP contribution in [0.1, 0.15) is 22.5 Å². The fourth-order valence-electron chi connectivity index (χ4n) is 3.25. The molecule has 0 saturated carbocycles. The maximum absolute atomic E-state index is 12.5. The van der Waals surface area contributed by atoms with Crippen LogP contribution in [-0.2, 0) is 9.59 Å².